The number of hydrogen-bond acceptors (Lipinski definition) is 2. The second-order valence-corrected chi connectivity index (χ2v) is 5.39. The molecular weight excluding hydrogens is 285 g/mol. The van der Waals surface area contributed by atoms with Crippen molar-refractivity contribution in [1.29, 1.82) is 0 Å². The van der Waals surface area contributed by atoms with E-state index in [0.29, 0.717) is 19.6 Å². The summed E-state index contributed by atoms with van der Waals surface area (Å²) in [6.45, 7) is -0.160. The molecule has 1 saturated heterocycles. The van der Waals surface area contributed by atoms with Gasteiger partial charge in [0, 0.05) is 13.0 Å². The van der Waals surface area contributed by atoms with Crippen LogP contribution in [0.5, 0.6) is 0 Å². The van der Waals surface area contributed by atoms with E-state index >= 15 is 0 Å². The quantitative estimate of drug-likeness (QED) is 0.865. The molecule has 0 bridgehead atoms. The Bertz CT molecular complexity index is 561. The predicted octanol–water partition coefficient (Wildman–Crippen LogP) is 2.39. The van der Waals surface area contributed by atoms with Gasteiger partial charge in [-0.15, -0.1) is 0 Å². The van der Waals surface area contributed by atoms with Crippen LogP contribution in [0.4, 0.5) is 18.0 Å². The Morgan fingerprint density at radius 2 is 2.14 bits per heavy atom. The Morgan fingerprint density at radius 3 is 2.90 bits per heavy atom. The van der Waals surface area contributed by atoms with Crippen molar-refractivity contribution in [2.24, 2.45) is 0 Å². The number of hydrogen-bond donors (Lipinski definition) is 1. The third-order valence-electron chi connectivity index (χ3n) is 3.97. The summed E-state index contributed by atoms with van der Waals surface area (Å²) in [7, 11) is 0. The fourth-order valence-corrected chi connectivity index (χ4v) is 2.96. The second kappa shape index (κ2) is 4.91. The van der Waals surface area contributed by atoms with Crippen LogP contribution in [0.25, 0.3) is 0 Å². The van der Waals surface area contributed by atoms with Crippen molar-refractivity contribution in [3.05, 3.63) is 35.4 Å². The highest BCUT2D eigenvalue weighted by molar-refractivity contribution is 5.74. The molecule has 1 N–H and O–H groups in total. The van der Waals surface area contributed by atoms with Gasteiger partial charge in [-0.1, -0.05) is 24.3 Å². The average molecular weight is 300 g/mol. The number of fused-ring (bicyclic) bond motifs is 2. The van der Waals surface area contributed by atoms with Crippen molar-refractivity contribution in [2.75, 3.05) is 19.6 Å². The van der Waals surface area contributed by atoms with Crippen LogP contribution >= 0.6 is 0 Å². The molecule has 1 atom stereocenters. The first-order valence-electron chi connectivity index (χ1n) is 6.72. The standard InChI is InChI=1S/C14H15F3N2O2/c15-14(16,17)8-18-12(20)19-6-5-13(9-19)11-4-2-1-3-10(11)7-21-13/h1-4H,5-9H2,(H,18,20)/t13-/m1/s1. The summed E-state index contributed by atoms with van der Waals surface area (Å²) in [6, 6.07) is 7.05. The summed E-state index contributed by atoms with van der Waals surface area (Å²) in [5.41, 5.74) is 1.55. The SMILES string of the molecule is O=C(NCC(F)(F)F)N1CC[C@]2(C1)OCc1ccccc12. The van der Waals surface area contributed by atoms with E-state index in [-0.39, 0.29) is 6.54 Å². The van der Waals surface area contributed by atoms with E-state index < -0.39 is 24.4 Å². The Hall–Kier alpha value is -1.76. The number of carbonyl (C=O) groups is 1. The van der Waals surface area contributed by atoms with Crippen LogP contribution in [0.2, 0.25) is 0 Å². The molecule has 2 aliphatic rings. The third-order valence-corrected chi connectivity index (χ3v) is 3.97. The predicted molar refractivity (Wildman–Crippen MR) is 68.6 cm³/mol. The Morgan fingerprint density at radius 1 is 1.38 bits per heavy atom. The van der Waals surface area contributed by atoms with Crippen LogP contribution in [0.15, 0.2) is 24.3 Å². The fourth-order valence-electron chi connectivity index (χ4n) is 2.96. The van der Waals surface area contributed by atoms with E-state index in [9.17, 15) is 18.0 Å². The number of carbonyl (C=O) groups excluding carboxylic acids is 1. The summed E-state index contributed by atoms with van der Waals surface area (Å²) in [6.07, 6.45) is -3.80. The van der Waals surface area contributed by atoms with E-state index in [4.69, 9.17) is 4.74 Å². The zero-order valence-electron chi connectivity index (χ0n) is 11.2. The molecule has 0 aromatic heterocycles. The normalized spacial score (nSPS) is 24.4. The zero-order valence-corrected chi connectivity index (χ0v) is 11.2. The Balaban J connectivity index is 1.68. The van der Waals surface area contributed by atoms with Gasteiger partial charge in [-0.2, -0.15) is 13.2 Å². The van der Waals surface area contributed by atoms with Crippen LogP contribution in [-0.4, -0.2) is 36.7 Å². The number of nitrogens with one attached hydrogen (secondary N) is 1. The third kappa shape index (κ3) is 2.70. The maximum absolute atomic E-state index is 12.1. The molecule has 0 unspecified atom stereocenters. The highest BCUT2D eigenvalue weighted by Gasteiger charge is 2.46. The molecule has 0 aliphatic carbocycles. The van der Waals surface area contributed by atoms with Crippen LogP contribution < -0.4 is 5.32 Å². The smallest absolute Gasteiger partial charge is 0.364 e. The Labute approximate surface area is 119 Å². The number of amides is 2. The number of likely N-dealkylation sites (tertiary alicyclic amines) is 1. The molecular formula is C14H15F3N2O2. The molecule has 2 aliphatic heterocycles. The monoisotopic (exact) mass is 300 g/mol. The van der Waals surface area contributed by atoms with E-state index in [1.807, 2.05) is 29.6 Å². The van der Waals surface area contributed by atoms with Gasteiger partial charge in [0.15, 0.2) is 0 Å². The minimum Gasteiger partial charge on any atom is -0.364 e. The van der Waals surface area contributed by atoms with E-state index in [1.54, 1.807) is 0 Å². The molecule has 21 heavy (non-hydrogen) atoms. The molecule has 1 aromatic rings. The van der Waals surface area contributed by atoms with Crippen molar-refractivity contribution >= 4 is 6.03 Å². The van der Waals surface area contributed by atoms with Crippen molar-refractivity contribution in [3.63, 3.8) is 0 Å². The highest BCUT2D eigenvalue weighted by atomic mass is 19.4. The van der Waals surface area contributed by atoms with Crippen LogP contribution in [0.3, 0.4) is 0 Å². The van der Waals surface area contributed by atoms with Crippen LogP contribution in [-0.2, 0) is 16.9 Å². The minimum atomic E-state index is -4.40. The molecule has 2 heterocycles. The van der Waals surface area contributed by atoms with Crippen molar-refractivity contribution in [3.8, 4) is 0 Å². The summed E-state index contributed by atoms with van der Waals surface area (Å²) in [4.78, 5) is 13.2. The molecule has 1 spiro atoms. The average Bonchev–Trinajstić information content (AvgIpc) is 3.02. The second-order valence-electron chi connectivity index (χ2n) is 5.39. The largest absolute Gasteiger partial charge is 0.405 e. The number of halogens is 3. The number of nitrogens with zero attached hydrogens (tertiary/aromatic N) is 1. The minimum absolute atomic E-state index is 0.285. The van der Waals surface area contributed by atoms with Gasteiger partial charge in [0.1, 0.15) is 12.1 Å². The lowest BCUT2D eigenvalue weighted by Gasteiger charge is -2.25. The van der Waals surface area contributed by atoms with Crippen molar-refractivity contribution in [2.45, 2.75) is 24.8 Å². The van der Waals surface area contributed by atoms with Gasteiger partial charge in [-0.3, -0.25) is 0 Å². The van der Waals surface area contributed by atoms with Gasteiger partial charge in [-0.25, -0.2) is 4.79 Å². The van der Waals surface area contributed by atoms with Crippen LogP contribution in [0.1, 0.15) is 17.5 Å². The molecule has 7 heteroatoms. The molecule has 2 amide bonds. The van der Waals surface area contributed by atoms with Gasteiger partial charge in [0.25, 0.3) is 0 Å². The number of alkyl halides is 3. The fraction of sp³-hybridized carbons (Fsp3) is 0.500. The number of rotatable bonds is 1. The Kier molecular flexibility index (Phi) is 3.32. The number of urea groups is 1. The van der Waals surface area contributed by atoms with Crippen LogP contribution in [0, 0.1) is 0 Å². The summed E-state index contributed by atoms with van der Waals surface area (Å²) in [5.74, 6) is 0. The number of benzene rings is 1. The van der Waals surface area contributed by atoms with E-state index in [2.05, 4.69) is 0 Å². The lowest BCUT2D eigenvalue weighted by molar-refractivity contribution is -0.123. The maximum Gasteiger partial charge on any atom is 0.405 e. The molecule has 0 radical (unpaired) electrons. The molecule has 114 valence electrons. The van der Waals surface area contributed by atoms with Gasteiger partial charge in [0.05, 0.1) is 13.2 Å². The van der Waals surface area contributed by atoms with Crippen molar-refractivity contribution < 1.29 is 22.7 Å². The first-order chi connectivity index (χ1) is 9.90. The maximum atomic E-state index is 12.1. The topological polar surface area (TPSA) is 41.6 Å². The van der Waals surface area contributed by atoms with Gasteiger partial charge >= 0.3 is 12.2 Å². The lowest BCUT2D eigenvalue weighted by Crippen LogP contribution is -2.44. The highest BCUT2D eigenvalue weighted by Crippen LogP contribution is 2.43. The van der Waals surface area contributed by atoms with Gasteiger partial charge < -0.3 is 15.0 Å². The molecule has 0 saturated carbocycles. The molecule has 1 aromatic carbocycles. The summed E-state index contributed by atoms with van der Waals surface area (Å²) in [5, 5.41) is 1.90. The van der Waals surface area contributed by atoms with E-state index in [1.165, 1.54) is 4.90 Å². The number of ether oxygens (including phenoxy) is 1. The van der Waals surface area contributed by atoms with Gasteiger partial charge in [0.2, 0.25) is 0 Å². The van der Waals surface area contributed by atoms with Gasteiger partial charge in [-0.05, 0) is 11.1 Å². The first-order valence-corrected chi connectivity index (χ1v) is 6.72. The summed E-state index contributed by atoms with van der Waals surface area (Å²) < 4.78 is 42.3. The van der Waals surface area contributed by atoms with E-state index in [0.717, 1.165) is 11.1 Å². The molecule has 3 rings (SSSR count). The lowest BCUT2D eigenvalue weighted by atomic mass is 9.92. The first kappa shape index (κ1) is 14.2. The van der Waals surface area contributed by atoms with Crippen molar-refractivity contribution in [1.82, 2.24) is 10.2 Å². The summed E-state index contributed by atoms with van der Waals surface area (Å²) >= 11 is 0. The molecule has 4 nitrogen and oxygen atoms in total. The molecule has 1 fully saturated rings. The zero-order chi connectivity index (χ0) is 15.1.